The third kappa shape index (κ3) is 3.31. The van der Waals surface area contributed by atoms with Gasteiger partial charge in [0.15, 0.2) is 6.17 Å². The lowest BCUT2D eigenvalue weighted by atomic mass is 10.5. The molecule has 8 heavy (non-hydrogen) atoms. The summed E-state index contributed by atoms with van der Waals surface area (Å²) in [5.74, 6) is 0. The van der Waals surface area contributed by atoms with Gasteiger partial charge in [0, 0.05) is 27.0 Å². The molecule has 0 nitrogen and oxygen atoms in total. The average molecular weight is 350 g/mol. The monoisotopic (exact) mass is 350 g/mol. The molecule has 0 fully saturated rings. The predicted molar refractivity (Wildman–Crippen MR) is 42.8 cm³/mol. The van der Waals surface area contributed by atoms with Crippen LogP contribution in [0.2, 0.25) is 0 Å². The molecule has 0 aliphatic rings. The lowest BCUT2D eigenvalue weighted by Gasteiger charge is -2.09. The number of hydrogen-bond acceptors (Lipinski definition) is 0. The van der Waals surface area contributed by atoms with Gasteiger partial charge in [0.25, 0.3) is 0 Å². The second kappa shape index (κ2) is 3.43. The van der Waals surface area contributed by atoms with Gasteiger partial charge in [0.1, 0.15) is 0 Å². The lowest BCUT2D eigenvalue weighted by Crippen LogP contribution is -2.23. The van der Waals surface area contributed by atoms with Crippen LogP contribution in [0.4, 0.5) is 13.2 Å². The summed E-state index contributed by atoms with van der Waals surface area (Å²) >= 11 is 2.37. The Hall–Kier alpha value is 1.25. The van der Waals surface area contributed by atoms with Crippen molar-refractivity contribution in [2.75, 3.05) is 4.43 Å². The number of hydrogen-bond donors (Lipinski definition) is 0. The molecular formula is C3H3F3I2. The first kappa shape index (κ1) is 9.25. The van der Waals surface area contributed by atoms with Crippen molar-refractivity contribution in [3.8, 4) is 0 Å². The Kier molecular flexibility index (Phi) is 3.96. The van der Waals surface area contributed by atoms with Gasteiger partial charge in [-0.05, 0) is 0 Å². The van der Waals surface area contributed by atoms with E-state index in [9.17, 15) is 13.2 Å². The van der Waals surface area contributed by atoms with Crippen molar-refractivity contribution >= 4 is 45.2 Å². The van der Waals surface area contributed by atoms with E-state index in [1.165, 1.54) is 0 Å². The van der Waals surface area contributed by atoms with E-state index in [1.807, 2.05) is 0 Å². The van der Waals surface area contributed by atoms with Crippen molar-refractivity contribution < 1.29 is 13.2 Å². The molecule has 0 saturated heterocycles. The van der Waals surface area contributed by atoms with Gasteiger partial charge in [0.2, 0.25) is 0 Å². The minimum Gasteiger partial charge on any atom is -0.239 e. The number of alkyl halides is 5. The Bertz CT molecular complexity index is 69.4. The van der Waals surface area contributed by atoms with Crippen LogP contribution in [-0.4, -0.2) is 14.5 Å². The van der Waals surface area contributed by atoms with Crippen LogP contribution in [0.1, 0.15) is 0 Å². The van der Waals surface area contributed by atoms with Gasteiger partial charge >= 0.3 is 3.93 Å². The highest BCUT2D eigenvalue weighted by molar-refractivity contribution is 14.1. The van der Waals surface area contributed by atoms with E-state index in [2.05, 4.69) is 0 Å². The van der Waals surface area contributed by atoms with Crippen molar-refractivity contribution in [3.63, 3.8) is 0 Å². The van der Waals surface area contributed by atoms with Crippen LogP contribution >= 0.6 is 45.2 Å². The molecule has 0 aromatic carbocycles. The fourth-order valence-electron chi connectivity index (χ4n) is 0.0875. The highest BCUT2D eigenvalue weighted by Gasteiger charge is 2.35. The van der Waals surface area contributed by atoms with Crippen LogP contribution in [0.5, 0.6) is 0 Å². The van der Waals surface area contributed by atoms with E-state index in [0.29, 0.717) is 0 Å². The molecule has 0 aliphatic heterocycles. The topological polar surface area (TPSA) is 0 Å². The summed E-state index contributed by atoms with van der Waals surface area (Å²) in [6.45, 7) is 0. The van der Waals surface area contributed by atoms with Crippen molar-refractivity contribution in [3.05, 3.63) is 0 Å². The molecule has 0 rings (SSSR count). The molecule has 0 aromatic heterocycles. The fraction of sp³-hybridized carbons (Fsp3) is 1.00. The molecule has 0 spiro atoms. The Balaban J connectivity index is 3.62. The highest BCUT2D eigenvalue weighted by Crippen LogP contribution is 2.29. The van der Waals surface area contributed by atoms with Crippen LogP contribution in [0, 0.1) is 0 Å². The molecule has 5 heteroatoms. The first-order valence-electron chi connectivity index (χ1n) is 1.75. The van der Waals surface area contributed by atoms with E-state index >= 15 is 0 Å². The minimum atomic E-state index is -3.20. The summed E-state index contributed by atoms with van der Waals surface area (Å²) in [7, 11) is 0. The van der Waals surface area contributed by atoms with E-state index in [1.54, 1.807) is 22.6 Å². The van der Waals surface area contributed by atoms with Crippen LogP contribution < -0.4 is 0 Å². The SMILES string of the molecule is FC(CI)C(F)(F)I. The maximum Gasteiger partial charge on any atom is 0.327 e. The highest BCUT2D eigenvalue weighted by atomic mass is 127. The minimum absolute atomic E-state index is 0.159. The molecule has 0 heterocycles. The van der Waals surface area contributed by atoms with E-state index in [0.717, 1.165) is 22.6 Å². The normalized spacial score (nSPS) is 16.1. The quantitative estimate of drug-likeness (QED) is 0.531. The maximum absolute atomic E-state index is 11.9. The summed E-state index contributed by atoms with van der Waals surface area (Å²) in [4.78, 5) is 0. The third-order valence-corrected chi connectivity index (χ3v) is 1.94. The summed E-state index contributed by atoms with van der Waals surface area (Å²) in [5.41, 5.74) is 0. The Morgan fingerprint density at radius 2 is 1.88 bits per heavy atom. The molecule has 0 amide bonds. The first-order chi connectivity index (χ1) is 3.48. The fourth-order valence-corrected chi connectivity index (χ4v) is 1.70. The van der Waals surface area contributed by atoms with Crippen LogP contribution in [0.3, 0.4) is 0 Å². The van der Waals surface area contributed by atoms with Crippen molar-refractivity contribution in [1.29, 1.82) is 0 Å². The van der Waals surface area contributed by atoms with E-state index in [-0.39, 0.29) is 4.43 Å². The predicted octanol–water partition coefficient (Wildman–Crippen LogP) is 2.79. The van der Waals surface area contributed by atoms with Crippen molar-refractivity contribution in [1.82, 2.24) is 0 Å². The van der Waals surface area contributed by atoms with Crippen molar-refractivity contribution in [2.24, 2.45) is 0 Å². The molecule has 0 aromatic rings. The molecule has 1 unspecified atom stereocenters. The second-order valence-electron chi connectivity index (χ2n) is 1.16. The Labute approximate surface area is 72.5 Å². The smallest absolute Gasteiger partial charge is 0.239 e. The summed E-state index contributed by atoms with van der Waals surface area (Å²) in [6, 6.07) is 0. The third-order valence-electron chi connectivity index (χ3n) is 0.491. The van der Waals surface area contributed by atoms with E-state index < -0.39 is 10.1 Å². The molecular weight excluding hydrogens is 347 g/mol. The average Bonchev–Trinajstić information content (AvgIpc) is 1.62. The molecule has 0 N–H and O–H groups in total. The van der Waals surface area contributed by atoms with E-state index in [4.69, 9.17) is 0 Å². The zero-order valence-electron chi connectivity index (χ0n) is 3.67. The van der Waals surface area contributed by atoms with Crippen LogP contribution in [0.15, 0.2) is 0 Å². The standard InChI is InChI=1S/C3H3F3I2/c4-2(1-7)3(5,6)8/h2H,1H2. The van der Waals surface area contributed by atoms with Gasteiger partial charge in [-0.1, -0.05) is 22.6 Å². The van der Waals surface area contributed by atoms with Gasteiger partial charge in [-0.3, -0.25) is 0 Å². The molecule has 50 valence electrons. The zero-order valence-corrected chi connectivity index (χ0v) is 7.99. The lowest BCUT2D eigenvalue weighted by molar-refractivity contribution is 0.0461. The maximum atomic E-state index is 11.9. The Morgan fingerprint density at radius 1 is 1.50 bits per heavy atom. The van der Waals surface area contributed by atoms with Crippen LogP contribution in [-0.2, 0) is 0 Å². The summed E-state index contributed by atoms with van der Waals surface area (Å²) in [6.07, 6.45) is -2.01. The largest absolute Gasteiger partial charge is 0.327 e. The van der Waals surface area contributed by atoms with Gasteiger partial charge < -0.3 is 0 Å². The molecule has 0 aliphatic carbocycles. The second-order valence-corrected chi connectivity index (χ2v) is 3.48. The molecule has 0 saturated carbocycles. The van der Waals surface area contributed by atoms with Crippen molar-refractivity contribution in [2.45, 2.75) is 10.1 Å². The summed E-state index contributed by atoms with van der Waals surface area (Å²) < 4.78 is 32.0. The molecule has 0 radical (unpaired) electrons. The molecule has 0 bridgehead atoms. The van der Waals surface area contributed by atoms with Gasteiger partial charge in [-0.2, -0.15) is 8.78 Å². The molecule has 1 atom stereocenters. The number of rotatable bonds is 2. The van der Waals surface area contributed by atoms with Gasteiger partial charge in [0.05, 0.1) is 0 Å². The Morgan fingerprint density at radius 3 is 1.88 bits per heavy atom. The summed E-state index contributed by atoms with van der Waals surface area (Å²) in [5, 5.41) is 0. The van der Waals surface area contributed by atoms with Gasteiger partial charge in [-0.25, -0.2) is 4.39 Å². The number of halogens is 5. The van der Waals surface area contributed by atoms with Crippen LogP contribution in [0.25, 0.3) is 0 Å². The first-order valence-corrected chi connectivity index (χ1v) is 4.35. The zero-order chi connectivity index (χ0) is 6.78. The van der Waals surface area contributed by atoms with Gasteiger partial charge in [-0.15, -0.1) is 0 Å².